The molecule has 7 nitrogen and oxygen atoms in total. The second kappa shape index (κ2) is 6.02. The number of amides is 1. The minimum atomic E-state index is 0.00113. The van der Waals surface area contributed by atoms with Crippen LogP contribution >= 0.6 is 23.1 Å². The molecule has 0 unspecified atom stereocenters. The molecule has 2 heterocycles. The molecule has 0 fully saturated rings. The second-order valence-corrected chi connectivity index (χ2v) is 5.81. The number of nitrogens with two attached hydrogens (primary N) is 1. The van der Waals surface area contributed by atoms with Crippen LogP contribution in [0.5, 0.6) is 0 Å². The number of carbonyl (C=O) groups is 1. The first-order valence-corrected chi connectivity index (χ1v) is 7.37. The van der Waals surface area contributed by atoms with E-state index in [4.69, 9.17) is 5.73 Å². The quantitative estimate of drug-likeness (QED) is 0.795. The summed E-state index contributed by atoms with van der Waals surface area (Å²) in [6.07, 6.45) is 0. The molecule has 2 aromatic heterocycles. The molecule has 0 atom stereocenters. The summed E-state index contributed by atoms with van der Waals surface area (Å²) >= 11 is 2.81. The Morgan fingerprint density at radius 3 is 2.95 bits per heavy atom. The fourth-order valence-corrected chi connectivity index (χ4v) is 2.90. The van der Waals surface area contributed by atoms with Crippen LogP contribution in [0.3, 0.4) is 0 Å². The van der Waals surface area contributed by atoms with E-state index in [9.17, 15) is 4.79 Å². The lowest BCUT2D eigenvalue weighted by atomic mass is 10.5. The van der Waals surface area contributed by atoms with Gasteiger partial charge in [-0.05, 0) is 6.92 Å². The Morgan fingerprint density at radius 1 is 1.58 bits per heavy atom. The van der Waals surface area contributed by atoms with Gasteiger partial charge >= 0.3 is 0 Å². The molecule has 3 N–H and O–H groups in total. The van der Waals surface area contributed by atoms with Gasteiger partial charge in [0.2, 0.25) is 17.0 Å². The highest BCUT2D eigenvalue weighted by molar-refractivity contribution is 7.99. The smallest absolute Gasteiger partial charge is 0.233 e. The highest BCUT2D eigenvalue weighted by atomic mass is 32.2. The SMILES string of the molecule is Cc1csc(CN(C)C(=O)CSc2n[nH]c(N)n2)n1. The van der Waals surface area contributed by atoms with Crippen molar-refractivity contribution in [1.82, 2.24) is 25.1 Å². The first-order valence-electron chi connectivity index (χ1n) is 5.50. The average Bonchev–Trinajstić information content (AvgIpc) is 2.95. The topological polar surface area (TPSA) is 101 Å². The van der Waals surface area contributed by atoms with Crippen molar-refractivity contribution >= 4 is 35.0 Å². The standard InChI is InChI=1S/C10H14N6OS2/c1-6-4-18-7(12-6)3-16(2)8(17)5-19-10-13-9(11)14-15-10/h4H,3,5H2,1-2H3,(H3,11,13,14,15). The average molecular weight is 298 g/mol. The third kappa shape index (κ3) is 3.93. The van der Waals surface area contributed by atoms with Gasteiger partial charge in [-0.25, -0.2) is 10.1 Å². The Kier molecular flexibility index (Phi) is 4.38. The molecule has 0 spiro atoms. The largest absolute Gasteiger partial charge is 0.368 e. The van der Waals surface area contributed by atoms with E-state index in [1.807, 2.05) is 12.3 Å². The Bertz CT molecular complexity index is 566. The van der Waals surface area contributed by atoms with E-state index in [0.717, 1.165) is 10.7 Å². The first kappa shape index (κ1) is 13.8. The molecular formula is C10H14N6OS2. The van der Waals surface area contributed by atoms with Crippen LogP contribution in [0.15, 0.2) is 10.5 Å². The van der Waals surface area contributed by atoms with Gasteiger partial charge in [-0.1, -0.05) is 11.8 Å². The van der Waals surface area contributed by atoms with Gasteiger partial charge in [0.15, 0.2) is 0 Å². The summed E-state index contributed by atoms with van der Waals surface area (Å²) in [7, 11) is 1.76. The summed E-state index contributed by atoms with van der Waals surface area (Å²) in [5.74, 6) is 0.529. The van der Waals surface area contributed by atoms with Crippen molar-refractivity contribution < 1.29 is 4.79 Å². The molecule has 0 aromatic carbocycles. The van der Waals surface area contributed by atoms with Crippen LogP contribution in [0, 0.1) is 6.92 Å². The molecule has 19 heavy (non-hydrogen) atoms. The zero-order valence-electron chi connectivity index (χ0n) is 10.6. The van der Waals surface area contributed by atoms with Crippen molar-refractivity contribution in [2.75, 3.05) is 18.5 Å². The third-order valence-electron chi connectivity index (χ3n) is 2.27. The highest BCUT2D eigenvalue weighted by Gasteiger charge is 2.13. The number of H-pyrrole nitrogens is 1. The molecule has 0 radical (unpaired) electrons. The highest BCUT2D eigenvalue weighted by Crippen LogP contribution is 2.15. The Hall–Kier alpha value is -1.61. The summed E-state index contributed by atoms with van der Waals surface area (Å²) in [5, 5.41) is 9.76. The van der Waals surface area contributed by atoms with Crippen molar-refractivity contribution in [3.63, 3.8) is 0 Å². The normalized spacial score (nSPS) is 10.6. The molecule has 1 amide bonds. The molecule has 2 aromatic rings. The molecule has 0 aliphatic heterocycles. The van der Waals surface area contributed by atoms with E-state index in [1.165, 1.54) is 11.8 Å². The van der Waals surface area contributed by atoms with Crippen LogP contribution in [0.1, 0.15) is 10.7 Å². The number of aromatic amines is 1. The predicted octanol–water partition coefficient (Wildman–Crippen LogP) is 0.903. The number of hydrogen-bond acceptors (Lipinski definition) is 7. The van der Waals surface area contributed by atoms with Crippen molar-refractivity contribution in [3.05, 3.63) is 16.1 Å². The first-order chi connectivity index (χ1) is 9.04. The van der Waals surface area contributed by atoms with E-state index in [1.54, 1.807) is 23.3 Å². The number of carbonyl (C=O) groups excluding carboxylic acids is 1. The molecule has 2 rings (SSSR count). The zero-order chi connectivity index (χ0) is 13.8. The lowest BCUT2D eigenvalue weighted by Crippen LogP contribution is -2.27. The van der Waals surface area contributed by atoms with Crippen LogP contribution in [-0.4, -0.2) is 43.8 Å². The Balaban J connectivity index is 1.82. The summed E-state index contributed by atoms with van der Waals surface area (Å²) < 4.78 is 0. The predicted molar refractivity (Wildman–Crippen MR) is 74.8 cm³/mol. The lowest BCUT2D eigenvalue weighted by Gasteiger charge is -2.14. The van der Waals surface area contributed by atoms with E-state index < -0.39 is 0 Å². The number of hydrogen-bond donors (Lipinski definition) is 2. The van der Waals surface area contributed by atoms with Gasteiger partial charge in [-0.3, -0.25) is 4.79 Å². The van der Waals surface area contributed by atoms with Gasteiger partial charge in [-0.2, -0.15) is 4.98 Å². The molecule has 102 valence electrons. The van der Waals surface area contributed by atoms with Crippen molar-refractivity contribution in [2.45, 2.75) is 18.6 Å². The van der Waals surface area contributed by atoms with Crippen LogP contribution < -0.4 is 5.73 Å². The number of aryl methyl sites for hydroxylation is 1. The second-order valence-electron chi connectivity index (χ2n) is 3.92. The summed E-state index contributed by atoms with van der Waals surface area (Å²) in [6, 6.07) is 0. The molecule has 0 saturated carbocycles. The maximum atomic E-state index is 11.9. The van der Waals surface area contributed by atoms with E-state index in [-0.39, 0.29) is 17.6 Å². The number of anilines is 1. The zero-order valence-corrected chi connectivity index (χ0v) is 12.2. The summed E-state index contributed by atoms with van der Waals surface area (Å²) in [6.45, 7) is 2.46. The molecule has 0 aliphatic rings. The van der Waals surface area contributed by atoms with Crippen LogP contribution in [0.4, 0.5) is 5.95 Å². The van der Waals surface area contributed by atoms with E-state index >= 15 is 0 Å². The number of aromatic nitrogens is 4. The van der Waals surface area contributed by atoms with Crippen LogP contribution in [0.25, 0.3) is 0 Å². The number of rotatable bonds is 5. The fourth-order valence-electron chi connectivity index (χ4n) is 1.33. The van der Waals surface area contributed by atoms with Gasteiger partial charge in [0, 0.05) is 18.1 Å². The van der Waals surface area contributed by atoms with Gasteiger partial charge in [0.05, 0.1) is 12.3 Å². The maximum Gasteiger partial charge on any atom is 0.233 e. The van der Waals surface area contributed by atoms with Gasteiger partial charge in [-0.15, -0.1) is 16.4 Å². The van der Waals surface area contributed by atoms with Gasteiger partial charge < -0.3 is 10.6 Å². The lowest BCUT2D eigenvalue weighted by molar-refractivity contribution is -0.127. The van der Waals surface area contributed by atoms with Gasteiger partial charge in [0.1, 0.15) is 5.01 Å². The van der Waals surface area contributed by atoms with Crippen LogP contribution in [-0.2, 0) is 11.3 Å². The van der Waals surface area contributed by atoms with Crippen molar-refractivity contribution in [2.24, 2.45) is 0 Å². The van der Waals surface area contributed by atoms with Crippen molar-refractivity contribution in [1.29, 1.82) is 0 Å². The molecule has 0 saturated heterocycles. The monoisotopic (exact) mass is 298 g/mol. The van der Waals surface area contributed by atoms with Crippen LogP contribution in [0.2, 0.25) is 0 Å². The minimum Gasteiger partial charge on any atom is -0.368 e. The van der Waals surface area contributed by atoms with Crippen molar-refractivity contribution in [3.8, 4) is 0 Å². The maximum absolute atomic E-state index is 11.9. The number of nitrogen functional groups attached to an aromatic ring is 1. The molecular weight excluding hydrogens is 284 g/mol. The number of nitrogens with zero attached hydrogens (tertiary/aromatic N) is 4. The number of thiazole rings is 1. The molecule has 0 aliphatic carbocycles. The molecule has 0 bridgehead atoms. The summed E-state index contributed by atoms with van der Waals surface area (Å²) in [5.41, 5.74) is 6.38. The Morgan fingerprint density at radius 2 is 2.37 bits per heavy atom. The third-order valence-corrected chi connectivity index (χ3v) is 4.06. The Labute approximate surface area is 118 Å². The van der Waals surface area contributed by atoms with Gasteiger partial charge in [0.25, 0.3) is 0 Å². The number of nitrogens with one attached hydrogen (secondary N) is 1. The van der Waals surface area contributed by atoms with E-state index in [2.05, 4.69) is 20.2 Å². The molecule has 9 heteroatoms. The summed E-state index contributed by atoms with van der Waals surface area (Å²) in [4.78, 5) is 21.8. The number of thioether (sulfide) groups is 1. The van der Waals surface area contributed by atoms with E-state index in [0.29, 0.717) is 11.7 Å². The fraction of sp³-hybridized carbons (Fsp3) is 0.400. The minimum absolute atomic E-state index is 0.00113.